The van der Waals surface area contributed by atoms with Crippen molar-refractivity contribution >= 4 is 5.97 Å². The molecule has 0 spiro atoms. The smallest absolute Gasteiger partial charge is 0.325 e. The Hall–Kier alpha value is -1.49. The average molecular weight is 241 g/mol. The van der Waals surface area contributed by atoms with Gasteiger partial charge in [0.15, 0.2) is 0 Å². The normalized spacial score (nSPS) is 18.2. The van der Waals surface area contributed by atoms with Crippen LogP contribution in [0.15, 0.2) is 18.2 Å². The minimum absolute atomic E-state index is 0.0285. The van der Waals surface area contributed by atoms with Gasteiger partial charge in [-0.15, -0.1) is 0 Å². The number of halogens is 2. The molecule has 1 aromatic carbocycles. The van der Waals surface area contributed by atoms with Crippen LogP contribution in [0.2, 0.25) is 0 Å². The summed E-state index contributed by atoms with van der Waals surface area (Å²) in [6.07, 6.45) is 1.82. The van der Waals surface area contributed by atoms with Crippen LogP contribution in [0.4, 0.5) is 8.78 Å². The lowest BCUT2D eigenvalue weighted by Crippen LogP contribution is -2.32. The van der Waals surface area contributed by atoms with E-state index in [-0.39, 0.29) is 5.56 Å². The summed E-state index contributed by atoms with van der Waals surface area (Å²) in [5, 5.41) is 9.18. The number of hydrogen-bond donors (Lipinski definition) is 1. The third-order valence-corrected chi connectivity index (χ3v) is 3.00. The molecule has 1 aliphatic heterocycles. The van der Waals surface area contributed by atoms with Gasteiger partial charge in [0.25, 0.3) is 0 Å². The van der Waals surface area contributed by atoms with E-state index in [2.05, 4.69) is 0 Å². The van der Waals surface area contributed by atoms with Crippen LogP contribution in [0, 0.1) is 11.6 Å². The van der Waals surface area contributed by atoms with E-state index >= 15 is 0 Å². The highest BCUT2D eigenvalue weighted by Crippen LogP contribution is 2.27. The second-order valence-corrected chi connectivity index (χ2v) is 4.15. The van der Waals surface area contributed by atoms with E-state index < -0.39 is 23.6 Å². The molecule has 1 aromatic rings. The zero-order valence-electron chi connectivity index (χ0n) is 9.20. The van der Waals surface area contributed by atoms with E-state index in [9.17, 15) is 18.7 Å². The molecule has 1 fully saturated rings. The summed E-state index contributed by atoms with van der Waals surface area (Å²) >= 11 is 0. The monoisotopic (exact) mass is 241 g/mol. The fourth-order valence-corrected chi connectivity index (χ4v) is 2.21. The zero-order chi connectivity index (χ0) is 12.4. The molecule has 0 aliphatic carbocycles. The van der Waals surface area contributed by atoms with Gasteiger partial charge < -0.3 is 5.11 Å². The fraction of sp³-hybridized carbons (Fsp3) is 0.417. The molecule has 0 radical (unpaired) electrons. The van der Waals surface area contributed by atoms with Gasteiger partial charge in [-0.2, -0.15) is 0 Å². The molecule has 0 amide bonds. The fourth-order valence-electron chi connectivity index (χ4n) is 2.21. The Morgan fingerprint density at radius 1 is 1.29 bits per heavy atom. The number of aliphatic carboxylic acids is 1. The Morgan fingerprint density at radius 2 is 1.94 bits per heavy atom. The quantitative estimate of drug-likeness (QED) is 0.881. The molecule has 0 saturated carbocycles. The summed E-state index contributed by atoms with van der Waals surface area (Å²) < 4.78 is 26.4. The van der Waals surface area contributed by atoms with Gasteiger partial charge in [0.05, 0.1) is 0 Å². The number of rotatable bonds is 3. The van der Waals surface area contributed by atoms with E-state index in [1.807, 2.05) is 0 Å². The van der Waals surface area contributed by atoms with Crippen LogP contribution in [0.1, 0.15) is 24.4 Å². The lowest BCUT2D eigenvalue weighted by Gasteiger charge is -2.24. The predicted octanol–water partition coefficient (Wildman–Crippen LogP) is 2.19. The highest BCUT2D eigenvalue weighted by molar-refractivity contribution is 5.75. The third-order valence-electron chi connectivity index (χ3n) is 3.00. The van der Waals surface area contributed by atoms with Crippen molar-refractivity contribution in [1.82, 2.24) is 4.90 Å². The molecule has 3 nitrogen and oxygen atoms in total. The number of carbonyl (C=O) groups is 1. The number of carboxylic acid groups (broad SMARTS) is 1. The molecule has 0 aromatic heterocycles. The largest absolute Gasteiger partial charge is 0.480 e. The molecular weight excluding hydrogens is 228 g/mol. The van der Waals surface area contributed by atoms with Gasteiger partial charge in [0.2, 0.25) is 0 Å². The topological polar surface area (TPSA) is 40.5 Å². The lowest BCUT2D eigenvalue weighted by molar-refractivity contribution is -0.143. The molecule has 92 valence electrons. The van der Waals surface area contributed by atoms with Crippen molar-refractivity contribution in [2.75, 3.05) is 13.1 Å². The van der Waals surface area contributed by atoms with E-state index in [4.69, 9.17) is 0 Å². The Bertz CT molecular complexity index is 431. The predicted molar refractivity (Wildman–Crippen MR) is 57.5 cm³/mol. The van der Waals surface area contributed by atoms with E-state index in [1.165, 1.54) is 6.07 Å². The van der Waals surface area contributed by atoms with Crippen molar-refractivity contribution in [3.05, 3.63) is 35.4 Å². The lowest BCUT2D eigenvalue weighted by atomic mass is 10.0. The van der Waals surface area contributed by atoms with Crippen LogP contribution in [0.3, 0.4) is 0 Å². The SMILES string of the molecule is O=C(O)C(c1ccc(F)cc1F)N1CCCC1. The first kappa shape index (κ1) is 12.0. The molecule has 17 heavy (non-hydrogen) atoms. The molecule has 1 N–H and O–H groups in total. The number of hydrogen-bond acceptors (Lipinski definition) is 2. The van der Waals surface area contributed by atoms with Crippen molar-refractivity contribution in [2.45, 2.75) is 18.9 Å². The Kier molecular flexibility index (Phi) is 3.38. The first-order valence-electron chi connectivity index (χ1n) is 5.51. The van der Waals surface area contributed by atoms with Crippen LogP contribution in [-0.4, -0.2) is 29.1 Å². The van der Waals surface area contributed by atoms with E-state index in [0.717, 1.165) is 25.0 Å². The van der Waals surface area contributed by atoms with Crippen LogP contribution < -0.4 is 0 Å². The van der Waals surface area contributed by atoms with Gasteiger partial charge in [0, 0.05) is 11.6 Å². The molecule has 1 aliphatic rings. The van der Waals surface area contributed by atoms with Crippen LogP contribution in [0.25, 0.3) is 0 Å². The second kappa shape index (κ2) is 4.79. The number of benzene rings is 1. The summed E-state index contributed by atoms with van der Waals surface area (Å²) in [4.78, 5) is 12.9. The summed E-state index contributed by atoms with van der Waals surface area (Å²) in [6.45, 7) is 1.27. The molecular formula is C12H13F2NO2. The van der Waals surface area contributed by atoms with Gasteiger partial charge in [-0.05, 0) is 32.0 Å². The van der Waals surface area contributed by atoms with Crippen molar-refractivity contribution < 1.29 is 18.7 Å². The number of nitrogens with zero attached hydrogens (tertiary/aromatic N) is 1. The average Bonchev–Trinajstić information content (AvgIpc) is 2.74. The first-order chi connectivity index (χ1) is 8.09. The number of carboxylic acids is 1. The second-order valence-electron chi connectivity index (χ2n) is 4.15. The Balaban J connectivity index is 2.35. The standard InChI is InChI=1S/C12H13F2NO2/c13-8-3-4-9(10(14)7-8)11(12(16)17)15-5-1-2-6-15/h3-4,7,11H,1-2,5-6H2,(H,16,17). The van der Waals surface area contributed by atoms with Gasteiger partial charge in [-0.1, -0.05) is 6.07 Å². The summed E-state index contributed by atoms with van der Waals surface area (Å²) in [5.74, 6) is -2.60. The Labute approximate surface area is 97.7 Å². The number of likely N-dealkylation sites (tertiary alicyclic amines) is 1. The van der Waals surface area contributed by atoms with Crippen LogP contribution >= 0.6 is 0 Å². The molecule has 5 heteroatoms. The van der Waals surface area contributed by atoms with Gasteiger partial charge in [-0.3, -0.25) is 9.69 Å². The minimum atomic E-state index is -1.10. The molecule has 1 heterocycles. The minimum Gasteiger partial charge on any atom is -0.480 e. The highest BCUT2D eigenvalue weighted by atomic mass is 19.1. The van der Waals surface area contributed by atoms with Gasteiger partial charge in [-0.25, -0.2) is 8.78 Å². The van der Waals surface area contributed by atoms with Crippen molar-refractivity contribution in [3.63, 3.8) is 0 Å². The molecule has 1 saturated heterocycles. The third kappa shape index (κ3) is 2.44. The van der Waals surface area contributed by atoms with Crippen LogP contribution in [0.5, 0.6) is 0 Å². The molecule has 1 atom stereocenters. The van der Waals surface area contributed by atoms with Crippen molar-refractivity contribution in [1.29, 1.82) is 0 Å². The molecule has 0 bridgehead atoms. The summed E-state index contributed by atoms with van der Waals surface area (Å²) in [6, 6.07) is 2.01. The molecule has 1 unspecified atom stereocenters. The first-order valence-corrected chi connectivity index (χ1v) is 5.51. The highest BCUT2D eigenvalue weighted by Gasteiger charge is 2.31. The van der Waals surface area contributed by atoms with E-state index in [0.29, 0.717) is 13.1 Å². The zero-order valence-corrected chi connectivity index (χ0v) is 9.20. The maximum Gasteiger partial charge on any atom is 0.325 e. The van der Waals surface area contributed by atoms with E-state index in [1.54, 1.807) is 4.90 Å². The maximum absolute atomic E-state index is 13.6. The Morgan fingerprint density at radius 3 is 2.47 bits per heavy atom. The maximum atomic E-state index is 13.6. The van der Waals surface area contributed by atoms with Gasteiger partial charge in [0.1, 0.15) is 17.7 Å². The van der Waals surface area contributed by atoms with Crippen molar-refractivity contribution in [2.24, 2.45) is 0 Å². The van der Waals surface area contributed by atoms with Crippen LogP contribution in [-0.2, 0) is 4.79 Å². The molecule has 2 rings (SSSR count). The van der Waals surface area contributed by atoms with Gasteiger partial charge >= 0.3 is 5.97 Å². The van der Waals surface area contributed by atoms with Crippen molar-refractivity contribution in [3.8, 4) is 0 Å². The summed E-state index contributed by atoms with van der Waals surface area (Å²) in [7, 11) is 0. The summed E-state index contributed by atoms with van der Waals surface area (Å²) in [5.41, 5.74) is 0.0285.